The maximum Gasteiger partial charge on any atom is 0.407 e. The Hall–Kier alpha value is -2.37. The van der Waals surface area contributed by atoms with Gasteiger partial charge in [0, 0.05) is 18.5 Å². The van der Waals surface area contributed by atoms with Gasteiger partial charge in [-0.1, -0.05) is 18.2 Å². The van der Waals surface area contributed by atoms with Gasteiger partial charge in [-0.05, 0) is 33.3 Å². The molecule has 6 heteroatoms. The standard InChI is InChI=1S/C16H22N4O2/c1-16(2,3)22-15(21)18-10-6-9-17-14-11-19-20-13-8-5-4-7-12(13)14/h4-5,7-8,11H,6,9-10H2,1-3H3,(H,17,20)(H,18,21). The van der Waals surface area contributed by atoms with E-state index in [0.29, 0.717) is 6.54 Å². The number of carbonyl (C=O) groups is 1. The molecule has 2 N–H and O–H groups in total. The maximum absolute atomic E-state index is 11.5. The Morgan fingerprint density at radius 3 is 2.77 bits per heavy atom. The number of amides is 1. The summed E-state index contributed by atoms with van der Waals surface area (Å²) in [6.07, 6.45) is 2.11. The largest absolute Gasteiger partial charge is 0.444 e. The zero-order valence-electron chi connectivity index (χ0n) is 13.2. The number of alkyl carbamates (subject to hydrolysis) is 1. The number of hydrogen-bond acceptors (Lipinski definition) is 5. The number of hydrogen-bond donors (Lipinski definition) is 2. The topological polar surface area (TPSA) is 76.1 Å². The van der Waals surface area contributed by atoms with Crippen molar-refractivity contribution in [3.63, 3.8) is 0 Å². The lowest BCUT2D eigenvalue weighted by atomic mass is 10.2. The zero-order valence-corrected chi connectivity index (χ0v) is 13.2. The number of aromatic nitrogens is 2. The quantitative estimate of drug-likeness (QED) is 0.830. The van der Waals surface area contributed by atoms with Gasteiger partial charge in [-0.15, -0.1) is 0 Å². The molecular weight excluding hydrogens is 280 g/mol. The third-order valence-corrected chi connectivity index (χ3v) is 2.88. The molecule has 0 saturated heterocycles. The second kappa shape index (κ2) is 7.06. The van der Waals surface area contributed by atoms with Crippen LogP contribution in [0.15, 0.2) is 30.5 Å². The first-order valence-corrected chi connectivity index (χ1v) is 7.37. The summed E-state index contributed by atoms with van der Waals surface area (Å²) in [5.41, 5.74) is 1.34. The average molecular weight is 302 g/mol. The Morgan fingerprint density at radius 1 is 1.23 bits per heavy atom. The molecule has 0 unspecified atom stereocenters. The fourth-order valence-electron chi connectivity index (χ4n) is 1.96. The van der Waals surface area contributed by atoms with Crippen LogP contribution in [0.4, 0.5) is 10.5 Å². The van der Waals surface area contributed by atoms with Gasteiger partial charge in [0.05, 0.1) is 17.4 Å². The van der Waals surface area contributed by atoms with E-state index in [4.69, 9.17) is 4.74 Å². The average Bonchev–Trinajstić information content (AvgIpc) is 2.45. The van der Waals surface area contributed by atoms with Gasteiger partial charge in [-0.2, -0.15) is 10.2 Å². The van der Waals surface area contributed by atoms with Crippen LogP contribution in [0.25, 0.3) is 10.9 Å². The van der Waals surface area contributed by atoms with Crippen molar-refractivity contribution in [2.45, 2.75) is 32.8 Å². The summed E-state index contributed by atoms with van der Waals surface area (Å²) in [6.45, 7) is 6.81. The molecule has 6 nitrogen and oxygen atoms in total. The van der Waals surface area contributed by atoms with Crippen LogP contribution >= 0.6 is 0 Å². The predicted octanol–water partition coefficient (Wildman–Crippen LogP) is 2.96. The summed E-state index contributed by atoms with van der Waals surface area (Å²) in [6, 6.07) is 7.84. The summed E-state index contributed by atoms with van der Waals surface area (Å²) >= 11 is 0. The SMILES string of the molecule is CC(C)(C)OC(=O)NCCCNc1cnnc2ccccc12. The molecule has 0 spiro atoms. The van der Waals surface area contributed by atoms with Crippen LogP contribution in [-0.4, -0.2) is 35.0 Å². The fraction of sp³-hybridized carbons (Fsp3) is 0.438. The van der Waals surface area contributed by atoms with E-state index in [9.17, 15) is 4.79 Å². The predicted molar refractivity (Wildman–Crippen MR) is 86.9 cm³/mol. The van der Waals surface area contributed by atoms with Crippen molar-refractivity contribution in [1.29, 1.82) is 0 Å². The number of benzene rings is 1. The first-order valence-electron chi connectivity index (χ1n) is 7.37. The van der Waals surface area contributed by atoms with Crippen LogP contribution in [0, 0.1) is 0 Å². The van der Waals surface area contributed by atoms with E-state index in [1.54, 1.807) is 6.20 Å². The second-order valence-electron chi connectivity index (χ2n) is 5.98. The number of nitrogens with zero attached hydrogens (tertiary/aromatic N) is 2. The number of anilines is 1. The fourth-order valence-corrected chi connectivity index (χ4v) is 1.96. The lowest BCUT2D eigenvalue weighted by molar-refractivity contribution is 0.0528. The molecule has 22 heavy (non-hydrogen) atoms. The molecule has 1 aromatic carbocycles. The Balaban J connectivity index is 1.76. The van der Waals surface area contributed by atoms with Gasteiger partial charge in [0.15, 0.2) is 0 Å². The minimum Gasteiger partial charge on any atom is -0.444 e. The molecule has 0 aliphatic heterocycles. The van der Waals surface area contributed by atoms with E-state index >= 15 is 0 Å². The number of rotatable bonds is 5. The Kier molecular flexibility index (Phi) is 5.14. The van der Waals surface area contributed by atoms with Crippen molar-refractivity contribution in [2.75, 3.05) is 18.4 Å². The smallest absolute Gasteiger partial charge is 0.407 e. The number of fused-ring (bicyclic) bond motifs is 1. The first kappa shape index (κ1) is 16.0. The van der Waals surface area contributed by atoms with Crippen molar-refractivity contribution >= 4 is 22.7 Å². The molecule has 1 aromatic heterocycles. The molecule has 2 aromatic rings. The number of nitrogens with one attached hydrogen (secondary N) is 2. The van der Waals surface area contributed by atoms with Crippen molar-refractivity contribution < 1.29 is 9.53 Å². The van der Waals surface area contributed by atoms with Crippen LogP contribution in [0.1, 0.15) is 27.2 Å². The van der Waals surface area contributed by atoms with E-state index in [0.717, 1.165) is 29.6 Å². The van der Waals surface area contributed by atoms with E-state index in [2.05, 4.69) is 20.8 Å². The molecule has 0 aliphatic carbocycles. The molecule has 0 fully saturated rings. The van der Waals surface area contributed by atoms with E-state index in [-0.39, 0.29) is 6.09 Å². The van der Waals surface area contributed by atoms with Crippen LogP contribution < -0.4 is 10.6 Å². The third-order valence-electron chi connectivity index (χ3n) is 2.88. The molecule has 2 rings (SSSR count). The molecule has 118 valence electrons. The number of carbonyl (C=O) groups excluding carboxylic acids is 1. The highest BCUT2D eigenvalue weighted by Gasteiger charge is 2.15. The maximum atomic E-state index is 11.5. The van der Waals surface area contributed by atoms with Gasteiger partial charge in [-0.3, -0.25) is 0 Å². The molecule has 0 radical (unpaired) electrons. The van der Waals surface area contributed by atoms with Gasteiger partial charge in [0.25, 0.3) is 0 Å². The van der Waals surface area contributed by atoms with Crippen LogP contribution in [0.2, 0.25) is 0 Å². The summed E-state index contributed by atoms with van der Waals surface area (Å²) in [5, 5.41) is 15.1. The van der Waals surface area contributed by atoms with Gasteiger partial charge in [0.2, 0.25) is 0 Å². The molecule has 1 heterocycles. The van der Waals surface area contributed by atoms with Crippen molar-refractivity contribution in [3.05, 3.63) is 30.5 Å². The zero-order chi connectivity index (χ0) is 16.0. The summed E-state index contributed by atoms with van der Waals surface area (Å²) in [5.74, 6) is 0. The van der Waals surface area contributed by atoms with Gasteiger partial charge in [0.1, 0.15) is 5.60 Å². The first-order chi connectivity index (χ1) is 10.5. The van der Waals surface area contributed by atoms with Crippen molar-refractivity contribution in [1.82, 2.24) is 15.5 Å². The molecule has 0 atom stereocenters. The lowest BCUT2D eigenvalue weighted by Crippen LogP contribution is -2.33. The van der Waals surface area contributed by atoms with Crippen LogP contribution in [-0.2, 0) is 4.74 Å². The second-order valence-corrected chi connectivity index (χ2v) is 5.98. The molecule has 0 saturated carbocycles. The lowest BCUT2D eigenvalue weighted by Gasteiger charge is -2.19. The summed E-state index contributed by atoms with van der Waals surface area (Å²) < 4.78 is 5.17. The Morgan fingerprint density at radius 2 is 2.00 bits per heavy atom. The molecule has 0 bridgehead atoms. The van der Waals surface area contributed by atoms with Crippen molar-refractivity contribution in [2.24, 2.45) is 0 Å². The van der Waals surface area contributed by atoms with Gasteiger partial charge in [-0.25, -0.2) is 4.79 Å². The van der Waals surface area contributed by atoms with Gasteiger partial charge >= 0.3 is 6.09 Å². The highest BCUT2D eigenvalue weighted by Crippen LogP contribution is 2.19. The van der Waals surface area contributed by atoms with E-state index in [1.807, 2.05) is 45.0 Å². The highest BCUT2D eigenvalue weighted by molar-refractivity contribution is 5.90. The van der Waals surface area contributed by atoms with Gasteiger partial charge < -0.3 is 15.4 Å². The van der Waals surface area contributed by atoms with Crippen LogP contribution in [0.3, 0.4) is 0 Å². The van der Waals surface area contributed by atoms with Crippen LogP contribution in [0.5, 0.6) is 0 Å². The Labute approximate surface area is 130 Å². The minimum absolute atomic E-state index is 0.386. The van der Waals surface area contributed by atoms with E-state index < -0.39 is 5.60 Å². The van der Waals surface area contributed by atoms with E-state index in [1.165, 1.54) is 0 Å². The number of ether oxygens (including phenoxy) is 1. The normalized spacial score (nSPS) is 11.2. The minimum atomic E-state index is -0.468. The molecule has 0 aliphatic rings. The summed E-state index contributed by atoms with van der Waals surface area (Å²) in [7, 11) is 0. The molecular formula is C16H22N4O2. The highest BCUT2D eigenvalue weighted by atomic mass is 16.6. The summed E-state index contributed by atoms with van der Waals surface area (Å²) in [4.78, 5) is 11.5. The molecule has 1 amide bonds. The monoisotopic (exact) mass is 302 g/mol. The Bertz CT molecular complexity index is 632. The third kappa shape index (κ3) is 4.87. The van der Waals surface area contributed by atoms with Crippen molar-refractivity contribution in [3.8, 4) is 0 Å².